The summed E-state index contributed by atoms with van der Waals surface area (Å²) in [6.07, 6.45) is 0.989. The molecule has 21 heavy (non-hydrogen) atoms. The Morgan fingerprint density at radius 1 is 1.57 bits per heavy atom. The van der Waals surface area contributed by atoms with Gasteiger partial charge in [-0.3, -0.25) is 14.9 Å². The van der Waals surface area contributed by atoms with E-state index in [-0.39, 0.29) is 17.1 Å². The minimum atomic E-state index is -1.04. The van der Waals surface area contributed by atoms with Crippen molar-refractivity contribution in [1.82, 2.24) is 4.98 Å². The van der Waals surface area contributed by atoms with Crippen molar-refractivity contribution in [3.05, 3.63) is 27.9 Å². The maximum absolute atomic E-state index is 11.5. The zero-order valence-corrected chi connectivity index (χ0v) is 11.6. The second-order valence-electron chi connectivity index (χ2n) is 4.31. The molecule has 1 saturated heterocycles. The SMILES string of the molecule is NC(=O)c1cc([N+](=O)[O-])cnc1N1CCSCC1C(=O)O. The lowest BCUT2D eigenvalue weighted by molar-refractivity contribution is -0.385. The van der Waals surface area contributed by atoms with E-state index in [4.69, 9.17) is 5.73 Å². The number of carboxylic acid groups (broad SMARTS) is 1. The van der Waals surface area contributed by atoms with E-state index in [9.17, 15) is 24.8 Å². The molecule has 2 rings (SSSR count). The van der Waals surface area contributed by atoms with E-state index in [2.05, 4.69) is 4.98 Å². The van der Waals surface area contributed by atoms with Crippen molar-refractivity contribution in [1.29, 1.82) is 0 Å². The minimum Gasteiger partial charge on any atom is -0.480 e. The Labute approximate surface area is 123 Å². The number of hydrogen-bond donors (Lipinski definition) is 2. The van der Waals surface area contributed by atoms with E-state index in [1.54, 1.807) is 0 Å². The summed E-state index contributed by atoms with van der Waals surface area (Å²) >= 11 is 1.48. The Balaban J connectivity index is 2.48. The maximum atomic E-state index is 11.5. The van der Waals surface area contributed by atoms with E-state index in [1.165, 1.54) is 16.7 Å². The molecule has 112 valence electrons. The molecule has 0 radical (unpaired) electrons. The molecule has 0 aliphatic carbocycles. The normalized spacial score (nSPS) is 18.3. The van der Waals surface area contributed by atoms with Crippen LogP contribution in [-0.2, 0) is 4.79 Å². The molecule has 0 bridgehead atoms. The number of rotatable bonds is 4. The van der Waals surface area contributed by atoms with Crippen LogP contribution in [0.25, 0.3) is 0 Å². The van der Waals surface area contributed by atoms with Crippen molar-refractivity contribution in [3.63, 3.8) is 0 Å². The Morgan fingerprint density at radius 2 is 2.29 bits per heavy atom. The fourth-order valence-corrected chi connectivity index (χ4v) is 3.06. The molecule has 1 atom stereocenters. The van der Waals surface area contributed by atoms with Crippen molar-refractivity contribution in [2.24, 2.45) is 5.73 Å². The number of pyridine rings is 1. The zero-order valence-electron chi connectivity index (χ0n) is 10.8. The van der Waals surface area contributed by atoms with Crippen LogP contribution >= 0.6 is 11.8 Å². The number of hydrogen-bond acceptors (Lipinski definition) is 7. The highest BCUT2D eigenvalue weighted by atomic mass is 32.2. The van der Waals surface area contributed by atoms with Crippen LogP contribution in [0, 0.1) is 10.1 Å². The van der Waals surface area contributed by atoms with Gasteiger partial charge in [-0.2, -0.15) is 11.8 Å². The predicted molar refractivity (Wildman–Crippen MR) is 75.5 cm³/mol. The molecule has 1 fully saturated rings. The third kappa shape index (κ3) is 3.05. The van der Waals surface area contributed by atoms with Crippen LogP contribution in [-0.4, -0.2) is 51.0 Å². The summed E-state index contributed by atoms with van der Waals surface area (Å²) in [4.78, 5) is 38.2. The first-order valence-electron chi connectivity index (χ1n) is 5.93. The van der Waals surface area contributed by atoms with Crippen LogP contribution in [0.15, 0.2) is 12.3 Å². The van der Waals surface area contributed by atoms with Crippen LogP contribution in [0.4, 0.5) is 11.5 Å². The number of carbonyl (C=O) groups excluding carboxylic acids is 1. The lowest BCUT2D eigenvalue weighted by Crippen LogP contribution is -2.48. The van der Waals surface area contributed by atoms with Gasteiger partial charge >= 0.3 is 5.97 Å². The van der Waals surface area contributed by atoms with E-state index in [1.807, 2.05) is 0 Å². The maximum Gasteiger partial charge on any atom is 0.327 e. The van der Waals surface area contributed by atoms with Gasteiger partial charge < -0.3 is 15.7 Å². The molecule has 1 aliphatic heterocycles. The van der Waals surface area contributed by atoms with Crippen LogP contribution in [0.1, 0.15) is 10.4 Å². The topological polar surface area (TPSA) is 140 Å². The third-order valence-corrected chi connectivity index (χ3v) is 4.04. The largest absolute Gasteiger partial charge is 0.480 e. The summed E-state index contributed by atoms with van der Waals surface area (Å²) in [5.41, 5.74) is 4.71. The number of nitrogens with zero attached hydrogens (tertiary/aromatic N) is 3. The predicted octanol–water partition coefficient (Wildman–Crippen LogP) is 0.0951. The van der Waals surface area contributed by atoms with Gasteiger partial charge in [0.05, 0.1) is 10.5 Å². The van der Waals surface area contributed by atoms with Gasteiger partial charge in [0, 0.05) is 24.1 Å². The highest BCUT2D eigenvalue weighted by molar-refractivity contribution is 7.99. The smallest absolute Gasteiger partial charge is 0.327 e. The molecule has 1 aromatic heterocycles. The highest BCUT2D eigenvalue weighted by Crippen LogP contribution is 2.27. The van der Waals surface area contributed by atoms with E-state index < -0.39 is 22.8 Å². The summed E-state index contributed by atoms with van der Waals surface area (Å²) in [7, 11) is 0. The number of aromatic nitrogens is 1. The molecule has 0 spiro atoms. The van der Waals surface area contributed by atoms with Crippen molar-refractivity contribution in [3.8, 4) is 0 Å². The number of anilines is 1. The number of carbonyl (C=O) groups is 2. The molecule has 1 aliphatic rings. The third-order valence-electron chi connectivity index (χ3n) is 3.01. The minimum absolute atomic E-state index is 0.0702. The van der Waals surface area contributed by atoms with Crippen LogP contribution < -0.4 is 10.6 Å². The van der Waals surface area contributed by atoms with Gasteiger partial charge in [-0.25, -0.2) is 9.78 Å². The Hall–Kier alpha value is -2.36. The Morgan fingerprint density at radius 3 is 2.86 bits per heavy atom. The molecular weight excluding hydrogens is 300 g/mol. The first-order valence-corrected chi connectivity index (χ1v) is 7.08. The number of nitrogens with two attached hydrogens (primary N) is 1. The first kappa shape index (κ1) is 15.0. The van der Waals surface area contributed by atoms with Gasteiger partial charge in [-0.05, 0) is 0 Å². The molecule has 3 N–H and O–H groups in total. The van der Waals surface area contributed by atoms with Gasteiger partial charge in [0.1, 0.15) is 18.1 Å². The van der Waals surface area contributed by atoms with Crippen molar-refractivity contribution < 1.29 is 19.6 Å². The van der Waals surface area contributed by atoms with Crippen molar-refractivity contribution >= 4 is 35.1 Å². The summed E-state index contributed by atoms with van der Waals surface area (Å²) in [5.74, 6) is -0.852. The molecule has 9 nitrogen and oxygen atoms in total. The van der Waals surface area contributed by atoms with Crippen LogP contribution in [0.3, 0.4) is 0 Å². The monoisotopic (exact) mass is 312 g/mol. The average Bonchev–Trinajstić information content (AvgIpc) is 2.46. The number of amides is 1. The summed E-state index contributed by atoms with van der Waals surface area (Å²) in [5, 5.41) is 20.0. The van der Waals surface area contributed by atoms with Crippen molar-refractivity contribution in [2.45, 2.75) is 6.04 Å². The molecule has 10 heteroatoms. The quantitative estimate of drug-likeness (QED) is 0.589. The summed E-state index contributed by atoms with van der Waals surface area (Å²) in [6.45, 7) is 0.368. The van der Waals surface area contributed by atoms with Gasteiger partial charge in [0.2, 0.25) is 0 Å². The van der Waals surface area contributed by atoms with E-state index in [0.717, 1.165) is 12.3 Å². The fraction of sp³-hybridized carbons (Fsp3) is 0.364. The number of primary amides is 1. The van der Waals surface area contributed by atoms with E-state index in [0.29, 0.717) is 18.1 Å². The second-order valence-corrected chi connectivity index (χ2v) is 5.46. The number of nitro groups is 1. The van der Waals surface area contributed by atoms with Gasteiger partial charge in [0.25, 0.3) is 11.6 Å². The first-order chi connectivity index (χ1) is 9.91. The molecule has 1 amide bonds. The van der Waals surface area contributed by atoms with Crippen LogP contribution in [0.5, 0.6) is 0 Å². The average molecular weight is 312 g/mol. The highest BCUT2D eigenvalue weighted by Gasteiger charge is 2.32. The number of thioether (sulfide) groups is 1. The second kappa shape index (κ2) is 5.95. The standard InChI is InChI=1S/C11H12N4O5S/c12-9(16)7-3-6(15(19)20)4-13-10(7)14-1-2-21-5-8(14)11(17)18/h3-4,8H,1-2,5H2,(H2,12,16)(H,17,18). The summed E-state index contributed by atoms with van der Waals surface area (Å²) in [6, 6.07) is 0.168. The molecular formula is C11H12N4O5S. The van der Waals surface area contributed by atoms with Gasteiger partial charge in [-0.1, -0.05) is 0 Å². The molecule has 0 saturated carbocycles. The fourth-order valence-electron chi connectivity index (χ4n) is 2.02. The van der Waals surface area contributed by atoms with Gasteiger partial charge in [0.15, 0.2) is 0 Å². The zero-order chi connectivity index (χ0) is 15.6. The molecule has 1 aromatic rings. The number of carboxylic acids is 1. The molecule has 0 aromatic carbocycles. The van der Waals surface area contributed by atoms with Crippen molar-refractivity contribution in [2.75, 3.05) is 23.0 Å². The van der Waals surface area contributed by atoms with Crippen LogP contribution in [0.2, 0.25) is 0 Å². The lowest BCUT2D eigenvalue weighted by atomic mass is 10.1. The number of aliphatic carboxylic acids is 1. The molecule has 2 heterocycles. The lowest BCUT2D eigenvalue weighted by Gasteiger charge is -2.34. The molecule has 1 unspecified atom stereocenters. The Kier molecular flexibility index (Phi) is 4.26. The van der Waals surface area contributed by atoms with E-state index >= 15 is 0 Å². The van der Waals surface area contributed by atoms with Gasteiger partial charge in [-0.15, -0.1) is 0 Å². The Bertz CT molecular complexity index is 608. The summed E-state index contributed by atoms with van der Waals surface area (Å²) < 4.78 is 0.